The second-order valence-electron chi connectivity index (χ2n) is 10.1. The van der Waals surface area contributed by atoms with Crippen molar-refractivity contribution in [2.24, 2.45) is 0 Å². The van der Waals surface area contributed by atoms with Crippen LogP contribution in [0.3, 0.4) is 0 Å². The monoisotopic (exact) mass is 448 g/mol. The van der Waals surface area contributed by atoms with Crippen molar-refractivity contribution in [1.29, 1.82) is 0 Å². The summed E-state index contributed by atoms with van der Waals surface area (Å²) in [5.74, 6) is 4.53. The number of benzene rings is 2. The van der Waals surface area contributed by atoms with Crippen molar-refractivity contribution in [3.8, 4) is 45.6 Å². The highest BCUT2D eigenvalue weighted by molar-refractivity contribution is 5.80. The molecule has 1 aromatic heterocycles. The Kier molecular flexibility index (Phi) is 5.11. The first-order chi connectivity index (χ1) is 15.7. The van der Waals surface area contributed by atoms with E-state index < -0.39 is 0 Å². The van der Waals surface area contributed by atoms with Crippen LogP contribution in [0.1, 0.15) is 51.7 Å². The number of aryl methyl sites for hydroxylation is 2. The summed E-state index contributed by atoms with van der Waals surface area (Å²) in [6, 6.07) is 12.1. The van der Waals surface area contributed by atoms with Crippen LogP contribution in [-0.2, 0) is 12.8 Å². The highest BCUT2D eigenvalue weighted by Gasteiger charge is 2.33. The molecule has 0 aliphatic carbocycles. The molecule has 0 unspecified atom stereocenters. The molecule has 0 amide bonds. The van der Waals surface area contributed by atoms with Crippen molar-refractivity contribution in [2.45, 2.75) is 64.6 Å². The van der Waals surface area contributed by atoms with Gasteiger partial charge in [0.25, 0.3) is 0 Å². The smallest absolute Gasteiger partial charge is 0.142 e. The molecule has 5 rings (SSSR count). The summed E-state index contributed by atoms with van der Waals surface area (Å²) in [5, 5.41) is 0. The Morgan fingerprint density at radius 1 is 0.636 bits per heavy atom. The van der Waals surface area contributed by atoms with Crippen molar-refractivity contribution in [2.75, 3.05) is 14.2 Å². The van der Waals surface area contributed by atoms with Crippen LogP contribution in [0.5, 0.6) is 23.0 Å². The van der Waals surface area contributed by atoms with E-state index in [4.69, 9.17) is 23.4 Å². The van der Waals surface area contributed by atoms with Crippen molar-refractivity contribution in [3.63, 3.8) is 0 Å². The zero-order valence-corrected chi connectivity index (χ0v) is 20.3. The van der Waals surface area contributed by atoms with Crippen LogP contribution in [0.25, 0.3) is 22.6 Å². The Morgan fingerprint density at radius 3 is 1.45 bits per heavy atom. The maximum atomic E-state index is 6.49. The number of fused-ring (bicyclic) bond motifs is 2. The standard InChI is InChI=1S/C28H32O5/c1-27(2)15-13-17-7-9-19(29-5)23(25(17)32-27)21-11-12-22(31-21)24-20(30-6)10-8-18-14-16-28(3,4)33-26(18)24/h7-12H,13-16H2,1-6H3. The fraction of sp³-hybridized carbons (Fsp3) is 0.429. The van der Waals surface area contributed by atoms with E-state index in [1.54, 1.807) is 14.2 Å². The Balaban J connectivity index is 1.66. The molecule has 0 saturated heterocycles. The second kappa shape index (κ2) is 7.75. The van der Waals surface area contributed by atoms with Crippen LogP contribution in [-0.4, -0.2) is 25.4 Å². The summed E-state index contributed by atoms with van der Waals surface area (Å²) in [6.45, 7) is 8.47. The first-order valence-corrected chi connectivity index (χ1v) is 11.6. The van der Waals surface area contributed by atoms with E-state index in [-0.39, 0.29) is 11.2 Å². The van der Waals surface area contributed by atoms with E-state index in [1.165, 1.54) is 11.1 Å². The summed E-state index contributed by atoms with van der Waals surface area (Å²) in [7, 11) is 3.35. The topological polar surface area (TPSA) is 50.1 Å². The van der Waals surface area contributed by atoms with E-state index in [1.807, 2.05) is 24.3 Å². The van der Waals surface area contributed by atoms with Crippen molar-refractivity contribution >= 4 is 0 Å². The van der Waals surface area contributed by atoms with Gasteiger partial charge in [-0.3, -0.25) is 0 Å². The molecule has 0 N–H and O–H groups in total. The molecule has 0 atom stereocenters. The molecule has 2 aliphatic rings. The van der Waals surface area contributed by atoms with E-state index >= 15 is 0 Å². The molecule has 0 saturated carbocycles. The predicted octanol–water partition coefficient (Wildman–Crippen LogP) is 6.84. The highest BCUT2D eigenvalue weighted by Crippen LogP contribution is 2.50. The van der Waals surface area contributed by atoms with E-state index in [9.17, 15) is 0 Å². The first-order valence-electron chi connectivity index (χ1n) is 11.6. The van der Waals surface area contributed by atoms with Gasteiger partial charge in [-0.1, -0.05) is 12.1 Å². The molecule has 0 radical (unpaired) electrons. The first kappa shape index (κ1) is 21.7. The van der Waals surface area contributed by atoms with Crippen molar-refractivity contribution in [1.82, 2.24) is 0 Å². The summed E-state index contributed by atoms with van der Waals surface area (Å²) in [6.07, 6.45) is 3.84. The van der Waals surface area contributed by atoms with Gasteiger partial charge in [-0.15, -0.1) is 0 Å². The summed E-state index contributed by atoms with van der Waals surface area (Å²) in [4.78, 5) is 0. The maximum Gasteiger partial charge on any atom is 0.142 e. The third kappa shape index (κ3) is 3.84. The van der Waals surface area contributed by atoms with Gasteiger partial charge in [0.05, 0.1) is 14.2 Å². The average molecular weight is 449 g/mol. The minimum absolute atomic E-state index is 0.245. The van der Waals surface area contributed by atoms with Gasteiger partial charge in [0.15, 0.2) is 0 Å². The predicted molar refractivity (Wildman–Crippen MR) is 129 cm³/mol. The van der Waals surface area contributed by atoms with E-state index in [0.29, 0.717) is 11.5 Å². The van der Waals surface area contributed by atoms with Gasteiger partial charge in [-0.05, 0) is 88.8 Å². The molecule has 2 aromatic carbocycles. The largest absolute Gasteiger partial charge is 0.496 e. The van der Waals surface area contributed by atoms with Crippen molar-refractivity contribution in [3.05, 3.63) is 47.5 Å². The fourth-order valence-corrected chi connectivity index (χ4v) is 4.78. The van der Waals surface area contributed by atoms with Gasteiger partial charge >= 0.3 is 0 Å². The lowest BCUT2D eigenvalue weighted by atomic mass is 9.92. The van der Waals surface area contributed by atoms with Gasteiger partial charge in [0.1, 0.15) is 56.8 Å². The molecule has 0 fully saturated rings. The number of furan rings is 1. The van der Waals surface area contributed by atoms with Crippen LogP contribution < -0.4 is 18.9 Å². The minimum Gasteiger partial charge on any atom is -0.496 e. The number of hydrogen-bond acceptors (Lipinski definition) is 5. The Labute approximate surface area is 195 Å². The third-order valence-electron chi connectivity index (χ3n) is 6.69. The number of methoxy groups -OCH3 is 2. The molecular weight excluding hydrogens is 416 g/mol. The minimum atomic E-state index is -0.245. The average Bonchev–Trinajstić information content (AvgIpc) is 3.25. The normalized spacial score (nSPS) is 17.9. The van der Waals surface area contributed by atoms with Crippen LogP contribution >= 0.6 is 0 Å². The Hall–Kier alpha value is -3.08. The third-order valence-corrected chi connectivity index (χ3v) is 6.69. The zero-order chi connectivity index (χ0) is 23.4. The molecule has 0 spiro atoms. The molecule has 3 heterocycles. The molecular formula is C28H32O5. The number of hydrogen-bond donors (Lipinski definition) is 0. The maximum absolute atomic E-state index is 6.49. The molecule has 2 aliphatic heterocycles. The lowest BCUT2D eigenvalue weighted by Crippen LogP contribution is -2.32. The van der Waals surface area contributed by atoms with Crippen molar-refractivity contribution < 1.29 is 23.4 Å². The molecule has 5 heteroatoms. The molecule has 5 nitrogen and oxygen atoms in total. The molecule has 174 valence electrons. The highest BCUT2D eigenvalue weighted by atomic mass is 16.5. The van der Waals surface area contributed by atoms with Gasteiger partial charge in [0.2, 0.25) is 0 Å². The summed E-state index contributed by atoms with van der Waals surface area (Å²) in [5.41, 5.74) is 3.54. The number of rotatable bonds is 4. The van der Waals surface area contributed by atoms with Crippen LogP contribution in [0.4, 0.5) is 0 Å². The van der Waals surface area contributed by atoms with E-state index in [0.717, 1.165) is 59.8 Å². The van der Waals surface area contributed by atoms with Gasteiger partial charge in [-0.25, -0.2) is 0 Å². The van der Waals surface area contributed by atoms with Crippen LogP contribution in [0.2, 0.25) is 0 Å². The fourth-order valence-electron chi connectivity index (χ4n) is 4.78. The lowest BCUT2D eigenvalue weighted by Gasteiger charge is -2.34. The molecule has 0 bridgehead atoms. The van der Waals surface area contributed by atoms with E-state index in [2.05, 4.69) is 39.8 Å². The summed E-state index contributed by atoms with van der Waals surface area (Å²) >= 11 is 0. The Morgan fingerprint density at radius 2 is 1.06 bits per heavy atom. The number of ether oxygens (including phenoxy) is 4. The van der Waals surface area contributed by atoms with Gasteiger partial charge in [0, 0.05) is 0 Å². The Bertz CT molecular complexity index is 1110. The molecule has 3 aromatic rings. The quantitative estimate of drug-likeness (QED) is 0.437. The van der Waals surface area contributed by atoms with Crippen LogP contribution in [0, 0.1) is 0 Å². The zero-order valence-electron chi connectivity index (χ0n) is 20.3. The second-order valence-corrected chi connectivity index (χ2v) is 10.1. The lowest BCUT2D eigenvalue weighted by molar-refractivity contribution is 0.0848. The van der Waals surface area contributed by atoms with Crippen LogP contribution in [0.15, 0.2) is 40.8 Å². The van der Waals surface area contributed by atoms with Gasteiger partial charge in [-0.2, -0.15) is 0 Å². The van der Waals surface area contributed by atoms with Gasteiger partial charge < -0.3 is 23.4 Å². The molecule has 33 heavy (non-hydrogen) atoms. The summed E-state index contributed by atoms with van der Waals surface area (Å²) < 4.78 is 30.8. The SMILES string of the molecule is COc1ccc2c(c1-c1ccc(-c3c(OC)ccc4c3OC(C)(C)CC4)o1)OC(C)(C)CC2.